The molecule has 1 aromatic rings. The van der Waals surface area contributed by atoms with Crippen LogP contribution in [0.4, 0.5) is 14.9 Å². The number of anilines is 1. The summed E-state index contributed by atoms with van der Waals surface area (Å²) in [6.45, 7) is 6.17. The maximum Gasteiger partial charge on any atom is 0.337 e. The second-order valence-electron chi connectivity index (χ2n) is 5.34. The Kier molecular flexibility index (Phi) is 4.47. The number of para-hydroxylation sites is 1. The molecule has 0 aliphatic rings. The quantitative estimate of drug-likeness (QED) is 0.788. The molecule has 0 saturated carbocycles. The minimum absolute atomic E-state index is 0.123. The Morgan fingerprint density at radius 2 is 1.95 bits per heavy atom. The van der Waals surface area contributed by atoms with Gasteiger partial charge in [0.15, 0.2) is 0 Å². The summed E-state index contributed by atoms with van der Waals surface area (Å²) in [7, 11) is 0. The van der Waals surface area contributed by atoms with Gasteiger partial charge in [0.05, 0.1) is 11.3 Å². The zero-order valence-electron chi connectivity index (χ0n) is 11.1. The van der Waals surface area contributed by atoms with Crippen molar-refractivity contribution >= 4 is 17.7 Å². The van der Waals surface area contributed by atoms with Gasteiger partial charge in [-0.3, -0.25) is 0 Å². The minimum atomic E-state index is -1.30. The summed E-state index contributed by atoms with van der Waals surface area (Å²) in [5, 5.41) is 13.7. The molecule has 1 rings (SSSR count). The first kappa shape index (κ1) is 14.9. The second-order valence-corrected chi connectivity index (χ2v) is 5.34. The number of nitrogens with one attached hydrogen (secondary N) is 2. The maximum absolute atomic E-state index is 13.5. The van der Waals surface area contributed by atoms with E-state index in [-0.39, 0.29) is 16.7 Å². The van der Waals surface area contributed by atoms with E-state index in [2.05, 4.69) is 10.6 Å². The van der Waals surface area contributed by atoms with Crippen molar-refractivity contribution in [3.05, 3.63) is 29.6 Å². The molecule has 0 aromatic heterocycles. The summed E-state index contributed by atoms with van der Waals surface area (Å²) in [6, 6.07) is 2.95. The highest BCUT2D eigenvalue weighted by atomic mass is 19.1. The van der Waals surface area contributed by atoms with Gasteiger partial charge in [-0.15, -0.1) is 0 Å². The van der Waals surface area contributed by atoms with Crippen LogP contribution in [0.1, 0.15) is 31.1 Å². The van der Waals surface area contributed by atoms with Crippen molar-refractivity contribution in [3.63, 3.8) is 0 Å². The van der Waals surface area contributed by atoms with Gasteiger partial charge in [0.1, 0.15) is 5.82 Å². The number of amides is 2. The number of urea groups is 1. The third-order valence-electron chi connectivity index (χ3n) is 2.26. The zero-order chi connectivity index (χ0) is 14.6. The van der Waals surface area contributed by atoms with E-state index < -0.39 is 17.8 Å². The van der Waals surface area contributed by atoms with Gasteiger partial charge in [-0.05, 0) is 17.5 Å². The normalized spacial score (nSPS) is 10.9. The summed E-state index contributed by atoms with van der Waals surface area (Å²) in [4.78, 5) is 22.5. The largest absolute Gasteiger partial charge is 0.478 e. The highest BCUT2D eigenvalue weighted by Gasteiger charge is 2.17. The lowest BCUT2D eigenvalue weighted by Gasteiger charge is -2.19. The third-order valence-corrected chi connectivity index (χ3v) is 2.26. The highest BCUT2D eigenvalue weighted by Crippen LogP contribution is 2.20. The number of hydrogen-bond acceptors (Lipinski definition) is 2. The number of rotatable bonds is 3. The molecule has 0 atom stereocenters. The van der Waals surface area contributed by atoms with E-state index in [4.69, 9.17) is 5.11 Å². The Morgan fingerprint density at radius 1 is 1.32 bits per heavy atom. The van der Waals surface area contributed by atoms with Crippen molar-refractivity contribution in [2.75, 3.05) is 11.9 Å². The van der Waals surface area contributed by atoms with Crippen LogP contribution in [0.25, 0.3) is 0 Å². The number of carboxylic acid groups (broad SMARTS) is 1. The van der Waals surface area contributed by atoms with E-state index in [1.54, 1.807) is 0 Å². The molecule has 0 unspecified atom stereocenters. The smallest absolute Gasteiger partial charge is 0.337 e. The first-order chi connectivity index (χ1) is 8.70. The van der Waals surface area contributed by atoms with E-state index in [0.717, 1.165) is 6.07 Å². The Labute approximate surface area is 110 Å². The van der Waals surface area contributed by atoms with Gasteiger partial charge < -0.3 is 15.7 Å². The Hall–Kier alpha value is -2.11. The van der Waals surface area contributed by atoms with Crippen LogP contribution in [0, 0.1) is 11.2 Å². The van der Waals surface area contributed by atoms with Gasteiger partial charge in [-0.2, -0.15) is 0 Å². The maximum atomic E-state index is 13.5. The number of hydrogen-bond donors (Lipinski definition) is 3. The molecular weight excluding hydrogens is 251 g/mol. The van der Waals surface area contributed by atoms with Crippen molar-refractivity contribution in [1.29, 1.82) is 0 Å². The molecule has 1 aromatic carbocycles. The molecular formula is C13H17FN2O3. The summed E-state index contributed by atoms with van der Waals surface area (Å²) in [6.07, 6.45) is 0. The molecule has 6 heteroatoms. The van der Waals surface area contributed by atoms with Crippen molar-refractivity contribution < 1.29 is 19.1 Å². The zero-order valence-corrected chi connectivity index (χ0v) is 11.1. The van der Waals surface area contributed by atoms with Crippen LogP contribution in [-0.4, -0.2) is 23.7 Å². The number of halogens is 1. The van der Waals surface area contributed by atoms with E-state index >= 15 is 0 Å². The lowest BCUT2D eigenvalue weighted by atomic mass is 9.97. The first-order valence-corrected chi connectivity index (χ1v) is 5.77. The lowest BCUT2D eigenvalue weighted by Crippen LogP contribution is -2.36. The van der Waals surface area contributed by atoms with Crippen LogP contribution in [-0.2, 0) is 0 Å². The van der Waals surface area contributed by atoms with Crippen LogP contribution in [0.15, 0.2) is 18.2 Å². The van der Waals surface area contributed by atoms with Crippen molar-refractivity contribution in [1.82, 2.24) is 5.32 Å². The van der Waals surface area contributed by atoms with Crippen LogP contribution >= 0.6 is 0 Å². The second kappa shape index (κ2) is 5.69. The van der Waals surface area contributed by atoms with E-state index in [0.29, 0.717) is 6.54 Å². The fraction of sp³-hybridized carbons (Fsp3) is 0.385. The molecule has 0 fully saturated rings. The average molecular weight is 268 g/mol. The van der Waals surface area contributed by atoms with Gasteiger partial charge in [-0.1, -0.05) is 26.8 Å². The van der Waals surface area contributed by atoms with Gasteiger partial charge >= 0.3 is 12.0 Å². The molecule has 0 radical (unpaired) electrons. The molecule has 0 spiro atoms. The molecule has 0 aliphatic carbocycles. The summed E-state index contributed by atoms with van der Waals surface area (Å²) in [5.41, 5.74) is -0.741. The number of benzene rings is 1. The minimum Gasteiger partial charge on any atom is -0.478 e. The number of aromatic carboxylic acids is 1. The Balaban J connectivity index is 2.82. The lowest BCUT2D eigenvalue weighted by molar-refractivity contribution is 0.0697. The highest BCUT2D eigenvalue weighted by molar-refractivity contribution is 6.00. The number of carboxylic acids is 1. The molecule has 19 heavy (non-hydrogen) atoms. The van der Waals surface area contributed by atoms with Crippen molar-refractivity contribution in [3.8, 4) is 0 Å². The summed E-state index contributed by atoms with van der Waals surface area (Å²) in [5.74, 6) is -2.09. The van der Waals surface area contributed by atoms with Gasteiger partial charge in [0.25, 0.3) is 0 Å². The Morgan fingerprint density at radius 3 is 2.47 bits per heavy atom. The number of carbonyl (C=O) groups is 2. The molecule has 2 amide bonds. The first-order valence-electron chi connectivity index (χ1n) is 5.77. The monoisotopic (exact) mass is 268 g/mol. The molecule has 0 bridgehead atoms. The van der Waals surface area contributed by atoms with E-state index in [1.165, 1.54) is 12.1 Å². The van der Waals surface area contributed by atoms with Crippen LogP contribution in [0.3, 0.4) is 0 Å². The van der Waals surface area contributed by atoms with Gasteiger partial charge in [0, 0.05) is 6.54 Å². The fourth-order valence-electron chi connectivity index (χ4n) is 1.33. The van der Waals surface area contributed by atoms with Gasteiger partial charge in [-0.25, -0.2) is 14.0 Å². The topological polar surface area (TPSA) is 78.4 Å². The molecule has 5 nitrogen and oxygen atoms in total. The standard InChI is InChI=1S/C13H17FN2O3/c1-13(2,3)7-15-12(19)16-10-8(11(17)18)5-4-6-9(10)14/h4-6H,7H2,1-3H3,(H,17,18)(H2,15,16,19). The predicted octanol–water partition coefficient (Wildman–Crippen LogP) is 2.69. The van der Waals surface area contributed by atoms with E-state index in [9.17, 15) is 14.0 Å². The number of carbonyl (C=O) groups excluding carboxylic acids is 1. The molecule has 0 aliphatic heterocycles. The Bertz CT molecular complexity index is 495. The summed E-state index contributed by atoms with van der Waals surface area (Å²) < 4.78 is 13.5. The molecule has 0 saturated heterocycles. The van der Waals surface area contributed by atoms with Gasteiger partial charge in [0.2, 0.25) is 0 Å². The fourth-order valence-corrected chi connectivity index (χ4v) is 1.33. The SMILES string of the molecule is CC(C)(C)CNC(=O)Nc1c(F)cccc1C(=O)O. The van der Waals surface area contributed by atoms with Crippen LogP contribution < -0.4 is 10.6 Å². The van der Waals surface area contributed by atoms with Crippen LogP contribution in [0.2, 0.25) is 0 Å². The average Bonchev–Trinajstić information content (AvgIpc) is 2.28. The van der Waals surface area contributed by atoms with E-state index in [1.807, 2.05) is 20.8 Å². The molecule has 3 N–H and O–H groups in total. The van der Waals surface area contributed by atoms with Crippen molar-refractivity contribution in [2.24, 2.45) is 5.41 Å². The third kappa shape index (κ3) is 4.57. The van der Waals surface area contributed by atoms with Crippen LogP contribution in [0.5, 0.6) is 0 Å². The molecule has 0 heterocycles. The predicted molar refractivity (Wildman–Crippen MR) is 69.8 cm³/mol. The van der Waals surface area contributed by atoms with Crippen molar-refractivity contribution in [2.45, 2.75) is 20.8 Å². The molecule has 104 valence electrons. The summed E-state index contributed by atoms with van der Waals surface area (Å²) >= 11 is 0.